The minimum Gasteiger partial charge on any atom is -0.196 e. The molecule has 2 heteroatoms. The van der Waals surface area contributed by atoms with E-state index < -0.39 is 5.92 Å². The van der Waals surface area contributed by atoms with Gasteiger partial charge in [0.2, 0.25) is 0 Å². The largest absolute Gasteiger partial charge is 0.196 e. The van der Waals surface area contributed by atoms with Crippen LogP contribution in [0.1, 0.15) is 30.9 Å². The number of rotatable bonds is 1. The van der Waals surface area contributed by atoms with E-state index in [9.17, 15) is 0 Å². The monoisotopic (exact) mass is 196 g/mol. The minimum atomic E-state index is -0.702. The summed E-state index contributed by atoms with van der Waals surface area (Å²) in [6, 6.07) is 10.6. The van der Waals surface area contributed by atoms with Crippen LogP contribution in [0.3, 0.4) is 0 Å². The van der Waals surface area contributed by atoms with Gasteiger partial charge in [0.1, 0.15) is 0 Å². The minimum absolute atomic E-state index is 0.684. The summed E-state index contributed by atoms with van der Waals surface area (Å²) >= 11 is 0. The maximum atomic E-state index is 8.59. The van der Waals surface area contributed by atoms with Crippen LogP contribution < -0.4 is 0 Å². The lowest BCUT2D eigenvalue weighted by atomic mass is 10.0. The molecular formula is C13H12N2. The van der Waals surface area contributed by atoms with Crippen molar-refractivity contribution in [2.75, 3.05) is 0 Å². The summed E-state index contributed by atoms with van der Waals surface area (Å²) in [4.78, 5) is 0. The van der Waals surface area contributed by atoms with Gasteiger partial charge >= 0.3 is 0 Å². The van der Waals surface area contributed by atoms with Crippen LogP contribution in [-0.2, 0) is 0 Å². The molecule has 0 saturated heterocycles. The number of benzene rings is 1. The van der Waals surface area contributed by atoms with Crippen LogP contribution in [0.15, 0.2) is 24.3 Å². The van der Waals surface area contributed by atoms with Crippen molar-refractivity contribution in [1.82, 2.24) is 0 Å². The average molecular weight is 196 g/mol. The van der Waals surface area contributed by atoms with Crippen LogP contribution in [0.25, 0.3) is 0 Å². The standard InChI is InChI=1S/C11H6N2.C2H6/c1-2-9-3-5-10(6-4-9)11(7-12)8-13;1-2/h1,3-6,11H;1-2H3. The molecule has 1 aromatic rings. The number of hydrogen-bond donors (Lipinski definition) is 0. The van der Waals surface area contributed by atoms with E-state index in [2.05, 4.69) is 5.92 Å². The van der Waals surface area contributed by atoms with E-state index >= 15 is 0 Å². The van der Waals surface area contributed by atoms with Crippen molar-refractivity contribution in [1.29, 1.82) is 10.5 Å². The molecule has 0 fully saturated rings. The molecule has 0 spiro atoms. The van der Waals surface area contributed by atoms with Gasteiger partial charge in [-0.25, -0.2) is 0 Å². The van der Waals surface area contributed by atoms with E-state index in [0.29, 0.717) is 5.56 Å². The van der Waals surface area contributed by atoms with Crippen molar-refractivity contribution in [3.8, 4) is 24.5 Å². The Morgan fingerprint density at radius 2 is 1.53 bits per heavy atom. The summed E-state index contributed by atoms with van der Waals surface area (Å²) in [5.74, 6) is 1.76. The molecule has 0 heterocycles. The van der Waals surface area contributed by atoms with Gasteiger partial charge in [-0.1, -0.05) is 31.9 Å². The van der Waals surface area contributed by atoms with Gasteiger partial charge in [-0.15, -0.1) is 6.42 Å². The molecular weight excluding hydrogens is 184 g/mol. The quantitative estimate of drug-likeness (QED) is 0.648. The van der Waals surface area contributed by atoms with Crippen LogP contribution in [0, 0.1) is 35.0 Å². The fourth-order valence-corrected chi connectivity index (χ4v) is 0.950. The summed E-state index contributed by atoms with van der Waals surface area (Å²) in [5.41, 5.74) is 1.43. The molecule has 1 aromatic carbocycles. The predicted molar refractivity (Wildman–Crippen MR) is 59.7 cm³/mol. The summed E-state index contributed by atoms with van der Waals surface area (Å²) in [5, 5.41) is 17.2. The van der Waals surface area contributed by atoms with Crippen molar-refractivity contribution in [3.63, 3.8) is 0 Å². The molecule has 15 heavy (non-hydrogen) atoms. The summed E-state index contributed by atoms with van der Waals surface area (Å²) < 4.78 is 0. The van der Waals surface area contributed by atoms with E-state index in [0.717, 1.165) is 5.56 Å². The lowest BCUT2D eigenvalue weighted by Crippen LogP contribution is -1.91. The maximum Gasteiger partial charge on any atom is 0.158 e. The third-order valence-corrected chi connectivity index (χ3v) is 1.67. The molecule has 0 N–H and O–H groups in total. The van der Waals surface area contributed by atoms with Crippen LogP contribution >= 0.6 is 0 Å². The zero-order chi connectivity index (χ0) is 11.7. The highest BCUT2D eigenvalue weighted by atomic mass is 14.3. The third-order valence-electron chi connectivity index (χ3n) is 1.67. The topological polar surface area (TPSA) is 47.6 Å². The summed E-state index contributed by atoms with van der Waals surface area (Å²) in [7, 11) is 0. The first-order chi connectivity index (χ1) is 7.31. The Balaban J connectivity index is 0.000000921. The Hall–Kier alpha value is -2.24. The Morgan fingerprint density at radius 3 is 1.87 bits per heavy atom. The van der Waals surface area contributed by atoms with Gasteiger partial charge in [0.25, 0.3) is 0 Å². The van der Waals surface area contributed by atoms with Crippen molar-refractivity contribution < 1.29 is 0 Å². The third kappa shape index (κ3) is 3.55. The fraction of sp³-hybridized carbons (Fsp3) is 0.231. The molecule has 0 atom stereocenters. The lowest BCUT2D eigenvalue weighted by Gasteiger charge is -1.99. The smallest absolute Gasteiger partial charge is 0.158 e. The molecule has 74 valence electrons. The Bertz CT molecular complexity index is 396. The van der Waals surface area contributed by atoms with Crippen LogP contribution in [0.4, 0.5) is 0 Å². The second-order valence-corrected chi connectivity index (χ2v) is 2.46. The molecule has 0 unspecified atom stereocenters. The maximum absolute atomic E-state index is 8.59. The van der Waals surface area contributed by atoms with E-state index in [1.165, 1.54) is 0 Å². The van der Waals surface area contributed by atoms with Gasteiger partial charge in [-0.05, 0) is 17.7 Å². The Morgan fingerprint density at radius 1 is 1.07 bits per heavy atom. The molecule has 0 aromatic heterocycles. The van der Waals surface area contributed by atoms with Gasteiger partial charge in [0.05, 0.1) is 12.1 Å². The highest BCUT2D eigenvalue weighted by Crippen LogP contribution is 2.14. The van der Waals surface area contributed by atoms with Gasteiger partial charge in [-0.3, -0.25) is 0 Å². The fourth-order valence-electron chi connectivity index (χ4n) is 0.950. The highest BCUT2D eigenvalue weighted by Gasteiger charge is 2.07. The second-order valence-electron chi connectivity index (χ2n) is 2.46. The van der Waals surface area contributed by atoms with E-state index in [-0.39, 0.29) is 0 Å². The SMILES string of the molecule is C#Cc1ccc(C(C#N)C#N)cc1.CC. The molecule has 0 saturated carbocycles. The first-order valence-corrected chi connectivity index (χ1v) is 4.67. The zero-order valence-corrected chi connectivity index (χ0v) is 8.86. The molecule has 0 radical (unpaired) electrons. The molecule has 0 aliphatic carbocycles. The van der Waals surface area contributed by atoms with Crippen molar-refractivity contribution in [3.05, 3.63) is 35.4 Å². The number of hydrogen-bond acceptors (Lipinski definition) is 2. The van der Waals surface area contributed by atoms with Gasteiger partial charge in [-0.2, -0.15) is 10.5 Å². The normalized spacial score (nSPS) is 7.73. The van der Waals surface area contributed by atoms with E-state index in [4.69, 9.17) is 16.9 Å². The molecule has 0 aliphatic heterocycles. The van der Waals surface area contributed by atoms with Gasteiger partial charge in [0, 0.05) is 5.56 Å². The predicted octanol–water partition coefficient (Wildman–Crippen LogP) is 2.82. The van der Waals surface area contributed by atoms with E-state index in [1.54, 1.807) is 24.3 Å². The van der Waals surface area contributed by atoms with Crippen molar-refractivity contribution >= 4 is 0 Å². The first-order valence-electron chi connectivity index (χ1n) is 4.67. The molecule has 0 aliphatic rings. The van der Waals surface area contributed by atoms with Crippen LogP contribution in [-0.4, -0.2) is 0 Å². The molecule has 1 rings (SSSR count). The van der Waals surface area contributed by atoms with Gasteiger partial charge < -0.3 is 0 Å². The molecule has 0 amide bonds. The molecule has 0 bridgehead atoms. The molecule has 2 nitrogen and oxygen atoms in total. The zero-order valence-electron chi connectivity index (χ0n) is 8.86. The summed E-state index contributed by atoms with van der Waals surface area (Å²) in [6.07, 6.45) is 5.16. The first kappa shape index (κ1) is 12.8. The number of nitriles is 2. The Kier molecular flexibility index (Phi) is 6.12. The van der Waals surface area contributed by atoms with Crippen molar-refractivity contribution in [2.45, 2.75) is 19.8 Å². The number of terminal acetylenes is 1. The number of nitrogens with zero attached hydrogens (tertiary/aromatic N) is 2. The van der Waals surface area contributed by atoms with E-state index in [1.807, 2.05) is 26.0 Å². The van der Waals surface area contributed by atoms with Gasteiger partial charge in [0.15, 0.2) is 5.92 Å². The average Bonchev–Trinajstić information content (AvgIpc) is 2.34. The lowest BCUT2D eigenvalue weighted by molar-refractivity contribution is 1.10. The van der Waals surface area contributed by atoms with Crippen LogP contribution in [0.2, 0.25) is 0 Å². The van der Waals surface area contributed by atoms with Crippen LogP contribution in [0.5, 0.6) is 0 Å². The van der Waals surface area contributed by atoms with Crippen molar-refractivity contribution in [2.24, 2.45) is 0 Å². The highest BCUT2D eigenvalue weighted by molar-refractivity contribution is 5.38. The Labute approximate surface area is 90.8 Å². The summed E-state index contributed by atoms with van der Waals surface area (Å²) in [6.45, 7) is 4.00. The second kappa shape index (κ2) is 7.19.